The normalized spacial score (nSPS) is 18.6. The smallest absolute Gasteiger partial charge is 0.255 e. The molecule has 1 amide bonds. The SMILES string of the molecule is O=C(Nc1cnc2c(c1N1CCCCC1)CCO2)C1=CC=CC=CC=C1. The number of amides is 1. The number of aromatic nitrogens is 1. The van der Waals surface area contributed by atoms with E-state index in [2.05, 4.69) is 15.2 Å². The van der Waals surface area contributed by atoms with Crippen molar-refractivity contribution in [3.05, 3.63) is 59.9 Å². The molecule has 4 rings (SSSR count). The number of pyridine rings is 1. The molecular weight excluding hydrogens is 326 g/mol. The summed E-state index contributed by atoms with van der Waals surface area (Å²) in [6.45, 7) is 2.68. The zero-order valence-electron chi connectivity index (χ0n) is 14.8. The highest BCUT2D eigenvalue weighted by molar-refractivity contribution is 6.07. The predicted molar refractivity (Wildman–Crippen MR) is 104 cm³/mol. The van der Waals surface area contributed by atoms with Crippen molar-refractivity contribution in [1.82, 2.24) is 4.98 Å². The van der Waals surface area contributed by atoms with Gasteiger partial charge in [-0.2, -0.15) is 0 Å². The Morgan fingerprint density at radius 1 is 1.08 bits per heavy atom. The average Bonchev–Trinajstić information content (AvgIpc) is 3.10. The molecule has 3 heterocycles. The highest BCUT2D eigenvalue weighted by Crippen LogP contribution is 2.39. The third-order valence-corrected chi connectivity index (χ3v) is 4.88. The van der Waals surface area contributed by atoms with Gasteiger partial charge in [0.25, 0.3) is 5.91 Å². The summed E-state index contributed by atoms with van der Waals surface area (Å²) < 4.78 is 5.65. The Morgan fingerprint density at radius 2 is 1.88 bits per heavy atom. The van der Waals surface area contributed by atoms with Crippen molar-refractivity contribution < 1.29 is 9.53 Å². The number of rotatable bonds is 3. The fraction of sp³-hybridized carbons (Fsp3) is 0.333. The van der Waals surface area contributed by atoms with E-state index in [4.69, 9.17) is 4.74 Å². The lowest BCUT2D eigenvalue weighted by Crippen LogP contribution is -2.31. The number of nitrogens with zero attached hydrogens (tertiary/aromatic N) is 2. The van der Waals surface area contributed by atoms with E-state index < -0.39 is 0 Å². The van der Waals surface area contributed by atoms with E-state index in [9.17, 15) is 4.79 Å². The lowest BCUT2D eigenvalue weighted by atomic mass is 10.1. The maximum Gasteiger partial charge on any atom is 0.255 e. The Labute approximate surface area is 153 Å². The summed E-state index contributed by atoms with van der Waals surface area (Å²) in [5.41, 5.74) is 3.60. The van der Waals surface area contributed by atoms with Crippen LogP contribution in [-0.2, 0) is 11.2 Å². The molecule has 1 saturated heterocycles. The number of carbonyl (C=O) groups is 1. The van der Waals surface area contributed by atoms with Gasteiger partial charge in [0, 0.05) is 30.6 Å². The molecule has 1 aliphatic carbocycles. The Bertz CT molecular complexity index is 815. The second-order valence-corrected chi connectivity index (χ2v) is 6.66. The number of allylic oxidation sites excluding steroid dienone is 6. The number of hydrogen-bond donors (Lipinski definition) is 1. The van der Waals surface area contributed by atoms with Gasteiger partial charge >= 0.3 is 0 Å². The second kappa shape index (κ2) is 7.60. The van der Waals surface area contributed by atoms with E-state index in [0.717, 1.165) is 36.4 Å². The minimum absolute atomic E-state index is 0.125. The molecule has 5 heteroatoms. The van der Waals surface area contributed by atoms with Crippen LogP contribution in [0.5, 0.6) is 5.88 Å². The first-order chi connectivity index (χ1) is 12.8. The van der Waals surface area contributed by atoms with Gasteiger partial charge in [0.2, 0.25) is 5.88 Å². The third-order valence-electron chi connectivity index (χ3n) is 4.88. The number of hydrogen-bond acceptors (Lipinski definition) is 4. The van der Waals surface area contributed by atoms with Crippen LogP contribution in [0.15, 0.2) is 54.3 Å². The maximum atomic E-state index is 12.8. The van der Waals surface area contributed by atoms with Crippen molar-refractivity contribution >= 4 is 17.3 Å². The van der Waals surface area contributed by atoms with Crippen LogP contribution in [0, 0.1) is 0 Å². The van der Waals surface area contributed by atoms with E-state index in [1.165, 1.54) is 19.3 Å². The van der Waals surface area contributed by atoms with Gasteiger partial charge in [0.15, 0.2) is 0 Å². The first-order valence-electron chi connectivity index (χ1n) is 9.25. The van der Waals surface area contributed by atoms with Crippen LogP contribution in [0.1, 0.15) is 24.8 Å². The van der Waals surface area contributed by atoms with Crippen LogP contribution in [0.25, 0.3) is 0 Å². The Morgan fingerprint density at radius 3 is 2.77 bits per heavy atom. The molecule has 3 aliphatic rings. The molecule has 0 bridgehead atoms. The molecule has 0 atom stereocenters. The van der Waals surface area contributed by atoms with Gasteiger partial charge in [0.1, 0.15) is 0 Å². The van der Waals surface area contributed by atoms with Crippen LogP contribution in [0.3, 0.4) is 0 Å². The topological polar surface area (TPSA) is 54.5 Å². The van der Waals surface area contributed by atoms with Gasteiger partial charge in [-0.3, -0.25) is 4.79 Å². The third kappa shape index (κ3) is 3.43. The number of anilines is 2. The van der Waals surface area contributed by atoms with E-state index in [-0.39, 0.29) is 5.91 Å². The van der Waals surface area contributed by atoms with Crippen LogP contribution >= 0.6 is 0 Å². The number of carbonyl (C=O) groups excluding carboxylic acids is 1. The van der Waals surface area contributed by atoms with Crippen LogP contribution < -0.4 is 15.0 Å². The first kappa shape index (κ1) is 16.6. The van der Waals surface area contributed by atoms with E-state index in [1.54, 1.807) is 6.20 Å². The number of fused-ring (bicyclic) bond motifs is 1. The Kier molecular flexibility index (Phi) is 4.86. The predicted octanol–water partition coefficient (Wildman–Crippen LogP) is 3.55. The zero-order chi connectivity index (χ0) is 17.8. The molecule has 0 radical (unpaired) electrons. The summed E-state index contributed by atoms with van der Waals surface area (Å²) in [6, 6.07) is 0. The second-order valence-electron chi connectivity index (χ2n) is 6.66. The molecule has 0 spiro atoms. The molecule has 0 aromatic carbocycles. The summed E-state index contributed by atoms with van der Waals surface area (Å²) >= 11 is 0. The molecule has 26 heavy (non-hydrogen) atoms. The molecule has 134 valence electrons. The highest BCUT2D eigenvalue weighted by Gasteiger charge is 2.26. The van der Waals surface area contributed by atoms with E-state index >= 15 is 0 Å². The zero-order valence-corrected chi connectivity index (χ0v) is 14.8. The molecule has 1 aromatic rings. The molecule has 1 fully saturated rings. The molecule has 0 unspecified atom stereocenters. The summed E-state index contributed by atoms with van der Waals surface area (Å²) in [7, 11) is 0. The van der Waals surface area contributed by atoms with Crippen molar-refractivity contribution in [1.29, 1.82) is 0 Å². The monoisotopic (exact) mass is 349 g/mol. The molecular formula is C21H23N3O2. The van der Waals surface area contributed by atoms with Crippen molar-refractivity contribution in [3.63, 3.8) is 0 Å². The lowest BCUT2D eigenvalue weighted by molar-refractivity contribution is -0.112. The van der Waals surface area contributed by atoms with Crippen molar-refractivity contribution in [2.75, 3.05) is 29.9 Å². The summed E-state index contributed by atoms with van der Waals surface area (Å²) in [5, 5.41) is 3.08. The lowest BCUT2D eigenvalue weighted by Gasteiger charge is -2.31. The van der Waals surface area contributed by atoms with Gasteiger partial charge in [-0.05, 0) is 31.4 Å². The van der Waals surface area contributed by atoms with Crippen molar-refractivity contribution in [2.24, 2.45) is 0 Å². The molecule has 1 aromatic heterocycles. The number of piperidine rings is 1. The molecule has 2 aliphatic heterocycles. The van der Waals surface area contributed by atoms with Gasteiger partial charge in [-0.15, -0.1) is 0 Å². The molecule has 5 nitrogen and oxygen atoms in total. The number of ether oxygens (including phenoxy) is 1. The van der Waals surface area contributed by atoms with Gasteiger partial charge in [0.05, 0.1) is 24.2 Å². The highest BCUT2D eigenvalue weighted by atomic mass is 16.5. The fourth-order valence-electron chi connectivity index (χ4n) is 3.61. The fourth-order valence-corrected chi connectivity index (χ4v) is 3.61. The molecule has 1 N–H and O–H groups in total. The minimum atomic E-state index is -0.125. The summed E-state index contributed by atoms with van der Waals surface area (Å²) in [6.07, 6.45) is 19.3. The van der Waals surface area contributed by atoms with Crippen LogP contribution in [-0.4, -0.2) is 30.6 Å². The maximum absolute atomic E-state index is 12.8. The first-order valence-corrected chi connectivity index (χ1v) is 9.25. The Balaban J connectivity index is 1.64. The van der Waals surface area contributed by atoms with Gasteiger partial charge < -0.3 is 15.0 Å². The van der Waals surface area contributed by atoms with Crippen molar-refractivity contribution in [2.45, 2.75) is 25.7 Å². The average molecular weight is 349 g/mol. The van der Waals surface area contributed by atoms with Gasteiger partial charge in [-0.25, -0.2) is 4.98 Å². The Hall–Kier alpha value is -2.82. The van der Waals surface area contributed by atoms with Crippen LogP contribution in [0.4, 0.5) is 11.4 Å². The van der Waals surface area contributed by atoms with Crippen LogP contribution in [0.2, 0.25) is 0 Å². The van der Waals surface area contributed by atoms with Crippen molar-refractivity contribution in [3.8, 4) is 5.88 Å². The largest absolute Gasteiger partial charge is 0.477 e. The minimum Gasteiger partial charge on any atom is -0.477 e. The van der Waals surface area contributed by atoms with E-state index in [0.29, 0.717) is 18.1 Å². The van der Waals surface area contributed by atoms with E-state index in [1.807, 2.05) is 42.5 Å². The summed E-state index contributed by atoms with van der Waals surface area (Å²) in [5.74, 6) is 0.585. The molecule has 0 saturated carbocycles. The summed E-state index contributed by atoms with van der Waals surface area (Å²) in [4.78, 5) is 19.6. The van der Waals surface area contributed by atoms with Gasteiger partial charge in [-0.1, -0.05) is 30.4 Å². The standard InChI is InChI=1S/C21H23N3O2/c25-20(16-9-5-2-1-3-6-10-16)23-18-15-22-21-17(11-14-26-21)19(18)24-12-7-4-8-13-24/h1-3,5-6,9-10,15H,4,7-8,11-14H2,(H,23,25). The number of nitrogens with one attached hydrogen (secondary N) is 1. The quantitative estimate of drug-likeness (QED) is 0.907.